The zero-order chi connectivity index (χ0) is 14.7. The summed E-state index contributed by atoms with van der Waals surface area (Å²) < 4.78 is 1.86. The van der Waals surface area contributed by atoms with Gasteiger partial charge in [0, 0.05) is 12.1 Å². The van der Waals surface area contributed by atoms with Crippen molar-refractivity contribution in [2.45, 2.75) is 39.5 Å². The molecule has 106 valence electrons. The van der Waals surface area contributed by atoms with Crippen molar-refractivity contribution in [1.29, 1.82) is 0 Å². The number of nitrogens with zero attached hydrogens (tertiary/aromatic N) is 2. The molecule has 1 aromatic carbocycles. The third-order valence-corrected chi connectivity index (χ3v) is 3.34. The summed E-state index contributed by atoms with van der Waals surface area (Å²) >= 11 is 0. The molecule has 4 heteroatoms. The Morgan fingerprint density at radius 1 is 1.30 bits per heavy atom. The van der Waals surface area contributed by atoms with Crippen LogP contribution >= 0.6 is 0 Å². The summed E-state index contributed by atoms with van der Waals surface area (Å²) in [4.78, 5) is 10.6. The number of aryl methyl sites for hydroxylation is 2. The highest BCUT2D eigenvalue weighted by Crippen LogP contribution is 2.18. The first-order chi connectivity index (χ1) is 9.47. The number of hydrogen-bond acceptors (Lipinski definition) is 2. The third kappa shape index (κ3) is 3.26. The maximum absolute atomic E-state index is 10.6. The van der Waals surface area contributed by atoms with Gasteiger partial charge in [0.2, 0.25) is 0 Å². The van der Waals surface area contributed by atoms with E-state index in [9.17, 15) is 4.79 Å². The molecule has 0 amide bonds. The summed E-state index contributed by atoms with van der Waals surface area (Å²) in [6, 6.07) is 10.3. The maximum atomic E-state index is 10.6. The quantitative estimate of drug-likeness (QED) is 0.908. The van der Waals surface area contributed by atoms with Crippen LogP contribution in [0.1, 0.15) is 43.1 Å². The molecule has 0 saturated carbocycles. The zero-order valence-corrected chi connectivity index (χ0v) is 12.1. The van der Waals surface area contributed by atoms with Crippen molar-refractivity contribution in [3.8, 4) is 5.69 Å². The van der Waals surface area contributed by atoms with Crippen LogP contribution in [-0.4, -0.2) is 20.9 Å². The Kier molecular flexibility index (Phi) is 4.23. The molecule has 20 heavy (non-hydrogen) atoms. The molecule has 0 bridgehead atoms. The second-order valence-electron chi connectivity index (χ2n) is 5.33. The molecule has 1 N–H and O–H groups in total. The van der Waals surface area contributed by atoms with E-state index in [2.05, 4.69) is 43.2 Å². The Balaban J connectivity index is 2.21. The Morgan fingerprint density at radius 3 is 2.50 bits per heavy atom. The molecular formula is C16H20N2O2. The van der Waals surface area contributed by atoms with Crippen LogP contribution in [-0.2, 0) is 11.2 Å². The van der Waals surface area contributed by atoms with Gasteiger partial charge >= 0.3 is 5.97 Å². The lowest BCUT2D eigenvalue weighted by Crippen LogP contribution is -2.01. The molecular weight excluding hydrogens is 252 g/mol. The second-order valence-corrected chi connectivity index (χ2v) is 5.33. The standard InChI is InChI=1S/C16H20N2O2/c1-11(2)13-4-7-15(8-5-13)18-12(3)10-14(17-18)6-9-16(19)20/h4-5,7-8,10-11H,6,9H2,1-3H3,(H,19,20). The number of hydrogen-bond donors (Lipinski definition) is 1. The smallest absolute Gasteiger partial charge is 0.303 e. The van der Waals surface area contributed by atoms with Crippen molar-refractivity contribution in [1.82, 2.24) is 9.78 Å². The lowest BCUT2D eigenvalue weighted by Gasteiger charge is -2.08. The van der Waals surface area contributed by atoms with Crippen LogP contribution in [0.2, 0.25) is 0 Å². The minimum atomic E-state index is -0.793. The average Bonchev–Trinajstić information content (AvgIpc) is 2.78. The Bertz CT molecular complexity index is 597. The van der Waals surface area contributed by atoms with E-state index >= 15 is 0 Å². The van der Waals surface area contributed by atoms with Gasteiger partial charge in [0.25, 0.3) is 0 Å². The highest BCUT2D eigenvalue weighted by Gasteiger charge is 2.08. The summed E-state index contributed by atoms with van der Waals surface area (Å²) in [6.45, 7) is 6.31. The van der Waals surface area contributed by atoms with Crippen molar-refractivity contribution >= 4 is 5.97 Å². The van der Waals surface area contributed by atoms with Gasteiger partial charge in [0.1, 0.15) is 0 Å². The topological polar surface area (TPSA) is 55.1 Å². The normalized spacial score (nSPS) is 11.0. The fourth-order valence-electron chi connectivity index (χ4n) is 2.16. The van der Waals surface area contributed by atoms with Gasteiger partial charge in [-0.1, -0.05) is 26.0 Å². The minimum Gasteiger partial charge on any atom is -0.481 e. The van der Waals surface area contributed by atoms with Crippen molar-refractivity contribution in [3.05, 3.63) is 47.3 Å². The van der Waals surface area contributed by atoms with Crippen LogP contribution < -0.4 is 0 Å². The van der Waals surface area contributed by atoms with Gasteiger partial charge in [-0.2, -0.15) is 5.10 Å². The maximum Gasteiger partial charge on any atom is 0.303 e. The highest BCUT2D eigenvalue weighted by molar-refractivity contribution is 5.66. The molecule has 0 fully saturated rings. The summed E-state index contributed by atoms with van der Waals surface area (Å²) in [5.41, 5.74) is 4.14. The predicted molar refractivity (Wildman–Crippen MR) is 78.3 cm³/mol. The van der Waals surface area contributed by atoms with Gasteiger partial charge in [0.05, 0.1) is 17.8 Å². The zero-order valence-electron chi connectivity index (χ0n) is 12.1. The first-order valence-electron chi connectivity index (χ1n) is 6.85. The van der Waals surface area contributed by atoms with Gasteiger partial charge in [0.15, 0.2) is 0 Å². The number of rotatable bonds is 5. The fraction of sp³-hybridized carbons (Fsp3) is 0.375. The van der Waals surface area contributed by atoms with Crippen molar-refractivity contribution in [2.24, 2.45) is 0 Å². The van der Waals surface area contributed by atoms with Gasteiger partial charge in [-0.25, -0.2) is 4.68 Å². The molecule has 0 aliphatic rings. The van der Waals surface area contributed by atoms with Gasteiger partial charge in [-0.05, 0) is 36.6 Å². The minimum absolute atomic E-state index is 0.114. The molecule has 1 heterocycles. The number of carboxylic acids is 1. The Hall–Kier alpha value is -2.10. The Labute approximate surface area is 119 Å². The summed E-state index contributed by atoms with van der Waals surface area (Å²) in [7, 11) is 0. The van der Waals surface area contributed by atoms with E-state index in [1.54, 1.807) is 0 Å². The van der Waals surface area contributed by atoms with Crippen molar-refractivity contribution in [2.75, 3.05) is 0 Å². The molecule has 0 aliphatic heterocycles. The van der Waals surface area contributed by atoms with Crippen LogP contribution in [0.25, 0.3) is 5.69 Å². The molecule has 2 rings (SSSR count). The monoisotopic (exact) mass is 272 g/mol. The number of aliphatic carboxylic acids is 1. The Morgan fingerprint density at radius 2 is 1.95 bits per heavy atom. The third-order valence-electron chi connectivity index (χ3n) is 3.34. The van der Waals surface area contributed by atoms with Crippen molar-refractivity contribution in [3.63, 3.8) is 0 Å². The molecule has 1 aromatic heterocycles. The molecule has 0 saturated heterocycles. The van der Waals surface area contributed by atoms with Crippen LogP contribution in [0.3, 0.4) is 0 Å². The van der Waals surface area contributed by atoms with Crippen LogP contribution in [0, 0.1) is 6.92 Å². The summed E-state index contributed by atoms with van der Waals surface area (Å²) in [5.74, 6) is -0.285. The van der Waals surface area contributed by atoms with Crippen LogP contribution in [0.5, 0.6) is 0 Å². The molecule has 2 aromatic rings. The summed E-state index contributed by atoms with van der Waals surface area (Å²) in [5, 5.41) is 13.2. The lowest BCUT2D eigenvalue weighted by atomic mass is 10.0. The number of aromatic nitrogens is 2. The number of carboxylic acid groups (broad SMARTS) is 1. The van der Waals surface area contributed by atoms with E-state index in [1.807, 2.05) is 17.7 Å². The van der Waals surface area contributed by atoms with Crippen LogP contribution in [0.15, 0.2) is 30.3 Å². The van der Waals surface area contributed by atoms with E-state index in [1.165, 1.54) is 5.56 Å². The predicted octanol–water partition coefficient (Wildman–Crippen LogP) is 3.32. The first kappa shape index (κ1) is 14.3. The second kappa shape index (κ2) is 5.90. The summed E-state index contributed by atoms with van der Waals surface area (Å²) in [6.07, 6.45) is 0.579. The van der Waals surface area contributed by atoms with E-state index in [4.69, 9.17) is 5.11 Å². The van der Waals surface area contributed by atoms with Gasteiger partial charge in [-0.15, -0.1) is 0 Å². The average molecular weight is 272 g/mol. The molecule has 0 spiro atoms. The molecule has 0 radical (unpaired) electrons. The van der Waals surface area contributed by atoms with E-state index in [0.717, 1.165) is 17.1 Å². The van der Waals surface area contributed by atoms with E-state index in [-0.39, 0.29) is 6.42 Å². The largest absolute Gasteiger partial charge is 0.481 e. The van der Waals surface area contributed by atoms with E-state index < -0.39 is 5.97 Å². The molecule has 0 atom stereocenters. The SMILES string of the molecule is Cc1cc(CCC(=O)O)nn1-c1ccc(C(C)C)cc1. The molecule has 0 unspecified atom stereocenters. The first-order valence-corrected chi connectivity index (χ1v) is 6.85. The highest BCUT2D eigenvalue weighted by atomic mass is 16.4. The molecule has 0 aliphatic carbocycles. The van der Waals surface area contributed by atoms with Crippen molar-refractivity contribution < 1.29 is 9.90 Å². The van der Waals surface area contributed by atoms with Crippen LogP contribution in [0.4, 0.5) is 0 Å². The van der Waals surface area contributed by atoms with Gasteiger partial charge in [-0.3, -0.25) is 4.79 Å². The van der Waals surface area contributed by atoms with Gasteiger partial charge < -0.3 is 5.11 Å². The lowest BCUT2D eigenvalue weighted by molar-refractivity contribution is -0.136. The fourth-order valence-corrected chi connectivity index (χ4v) is 2.16. The number of benzene rings is 1. The van der Waals surface area contributed by atoms with E-state index in [0.29, 0.717) is 12.3 Å². The molecule has 4 nitrogen and oxygen atoms in total. The number of carbonyl (C=O) groups is 1.